The molecule has 0 aliphatic rings. The monoisotopic (exact) mass is 404 g/mol. The molecule has 0 bridgehead atoms. The van der Waals surface area contributed by atoms with E-state index in [0.717, 1.165) is 5.01 Å². The molecule has 3 rings (SSSR count). The molecule has 0 aliphatic heterocycles. The molecule has 0 atom stereocenters. The lowest BCUT2D eigenvalue weighted by molar-refractivity contribution is -0.384. The van der Waals surface area contributed by atoms with E-state index in [1.54, 1.807) is 24.3 Å². The maximum absolute atomic E-state index is 12.4. The fourth-order valence-corrected chi connectivity index (χ4v) is 2.75. The number of rotatable bonds is 4. The first-order valence-corrected chi connectivity index (χ1v) is 7.93. The van der Waals surface area contributed by atoms with Crippen LogP contribution in [0.25, 0.3) is 11.0 Å². The molecule has 0 fully saturated rings. The fraction of sp³-hybridized carbons (Fsp3) is 0.0625. The van der Waals surface area contributed by atoms with Gasteiger partial charge in [-0.3, -0.25) is 19.9 Å². The molecule has 0 unspecified atom stereocenters. The quantitative estimate of drug-likeness (QED) is 0.226. The van der Waals surface area contributed by atoms with Crippen molar-refractivity contribution >= 4 is 44.2 Å². The highest BCUT2D eigenvalue weighted by atomic mass is 79.9. The molecular formula is C16H13BrN4O4. The number of benzene rings is 2. The molecule has 0 aliphatic carbocycles. The van der Waals surface area contributed by atoms with Gasteiger partial charge in [-0.15, -0.1) is 0 Å². The number of non-ortho nitro benzene ring substituents is 1. The Kier molecular flexibility index (Phi) is 4.43. The number of carbonyl (C=O) groups excluding carboxylic acids is 1. The van der Waals surface area contributed by atoms with Crippen LogP contribution in [0.15, 0.2) is 51.4 Å². The van der Waals surface area contributed by atoms with Gasteiger partial charge in [-0.05, 0) is 30.3 Å². The second-order valence-electron chi connectivity index (χ2n) is 5.36. The first kappa shape index (κ1) is 16.9. The van der Waals surface area contributed by atoms with E-state index >= 15 is 0 Å². The number of carbonyl (C=O) groups is 1. The molecule has 25 heavy (non-hydrogen) atoms. The second kappa shape index (κ2) is 6.54. The van der Waals surface area contributed by atoms with Gasteiger partial charge in [-0.1, -0.05) is 15.9 Å². The molecule has 0 radical (unpaired) electrons. The van der Waals surface area contributed by atoms with E-state index in [1.165, 1.54) is 18.2 Å². The van der Waals surface area contributed by atoms with Crippen molar-refractivity contribution in [2.45, 2.75) is 6.54 Å². The average molecular weight is 405 g/mol. The molecule has 1 amide bonds. The van der Waals surface area contributed by atoms with Gasteiger partial charge < -0.3 is 10.2 Å². The van der Waals surface area contributed by atoms with Gasteiger partial charge in [0.15, 0.2) is 0 Å². The molecule has 9 heteroatoms. The molecule has 0 saturated heterocycles. The van der Waals surface area contributed by atoms with Gasteiger partial charge in [0.1, 0.15) is 11.3 Å². The van der Waals surface area contributed by atoms with Gasteiger partial charge in [0.2, 0.25) is 0 Å². The maximum atomic E-state index is 12.4. The zero-order chi connectivity index (χ0) is 18.1. The number of amides is 1. The summed E-state index contributed by atoms with van der Waals surface area (Å²) in [5, 5.41) is 12.4. The van der Waals surface area contributed by atoms with Gasteiger partial charge >= 0.3 is 0 Å². The van der Waals surface area contributed by atoms with E-state index in [0.29, 0.717) is 26.9 Å². The Labute approximate surface area is 150 Å². The van der Waals surface area contributed by atoms with Crippen molar-refractivity contribution in [3.05, 3.63) is 68.4 Å². The third kappa shape index (κ3) is 3.47. The minimum atomic E-state index is -0.485. The van der Waals surface area contributed by atoms with Crippen molar-refractivity contribution in [2.75, 3.05) is 5.73 Å². The van der Waals surface area contributed by atoms with Crippen LogP contribution in [0.4, 0.5) is 11.4 Å². The summed E-state index contributed by atoms with van der Waals surface area (Å²) in [4.78, 5) is 22.8. The molecular weight excluding hydrogens is 392 g/mol. The summed E-state index contributed by atoms with van der Waals surface area (Å²) in [7, 11) is 0. The zero-order valence-electron chi connectivity index (χ0n) is 12.8. The summed E-state index contributed by atoms with van der Waals surface area (Å²) in [6.07, 6.45) is 0. The van der Waals surface area contributed by atoms with Crippen LogP contribution in [0.5, 0.6) is 0 Å². The van der Waals surface area contributed by atoms with Crippen molar-refractivity contribution in [1.29, 1.82) is 0 Å². The van der Waals surface area contributed by atoms with Crippen molar-refractivity contribution in [3.8, 4) is 0 Å². The minimum Gasteiger partial charge on any atom is -0.459 e. The van der Waals surface area contributed by atoms with Crippen LogP contribution in [0.1, 0.15) is 16.1 Å². The number of nitrogens with zero attached hydrogens (tertiary/aromatic N) is 2. The lowest BCUT2D eigenvalue weighted by Crippen LogP contribution is -2.37. The highest BCUT2D eigenvalue weighted by molar-refractivity contribution is 9.10. The predicted octanol–water partition coefficient (Wildman–Crippen LogP) is 3.20. The number of nitro groups is 1. The predicted molar refractivity (Wildman–Crippen MR) is 95.5 cm³/mol. The van der Waals surface area contributed by atoms with E-state index in [9.17, 15) is 14.9 Å². The van der Waals surface area contributed by atoms with E-state index in [2.05, 4.69) is 15.9 Å². The lowest BCUT2D eigenvalue weighted by atomic mass is 10.1. The second-order valence-corrected chi connectivity index (χ2v) is 6.27. The third-order valence-corrected chi connectivity index (χ3v) is 4.09. The normalized spacial score (nSPS) is 10.8. The van der Waals surface area contributed by atoms with Crippen LogP contribution >= 0.6 is 15.9 Å². The highest BCUT2D eigenvalue weighted by Gasteiger charge is 2.18. The van der Waals surface area contributed by atoms with E-state index in [-0.39, 0.29) is 17.8 Å². The standard InChI is InChI=1S/C16H13BrN4O4/c17-10-1-3-14(18)13(7-10)16(22)20(19)8-12-6-9-5-11(21(23)24)2-4-15(9)25-12/h1-7H,8,18-19H2. The topological polar surface area (TPSA) is 129 Å². The van der Waals surface area contributed by atoms with Crippen LogP contribution in [0.3, 0.4) is 0 Å². The number of hydrazine groups is 1. The molecule has 2 aromatic carbocycles. The van der Waals surface area contributed by atoms with Crippen LogP contribution < -0.4 is 11.6 Å². The summed E-state index contributed by atoms with van der Waals surface area (Å²) in [6, 6.07) is 10.8. The molecule has 8 nitrogen and oxygen atoms in total. The van der Waals surface area contributed by atoms with E-state index in [1.807, 2.05) is 0 Å². The Bertz CT molecular complexity index is 985. The first-order valence-electron chi connectivity index (χ1n) is 7.13. The number of nitro benzene ring substituents is 1. The molecule has 0 saturated carbocycles. The lowest BCUT2D eigenvalue weighted by Gasteiger charge is -2.16. The number of hydrogen-bond acceptors (Lipinski definition) is 6. The number of nitrogen functional groups attached to an aromatic ring is 1. The average Bonchev–Trinajstić information content (AvgIpc) is 2.97. The maximum Gasteiger partial charge on any atom is 0.270 e. The van der Waals surface area contributed by atoms with Gasteiger partial charge in [0, 0.05) is 27.7 Å². The Hall–Kier alpha value is -2.91. The smallest absolute Gasteiger partial charge is 0.270 e. The summed E-state index contributed by atoms with van der Waals surface area (Å²) in [6.45, 7) is -0.00668. The van der Waals surface area contributed by atoms with Crippen LogP contribution in [-0.2, 0) is 6.54 Å². The van der Waals surface area contributed by atoms with E-state index < -0.39 is 10.8 Å². The fourth-order valence-electron chi connectivity index (χ4n) is 2.39. The number of halogens is 1. The van der Waals surface area contributed by atoms with Crippen molar-refractivity contribution in [3.63, 3.8) is 0 Å². The van der Waals surface area contributed by atoms with Crippen LogP contribution in [0, 0.1) is 10.1 Å². The van der Waals surface area contributed by atoms with Gasteiger partial charge in [0.05, 0.1) is 17.0 Å². The summed E-state index contributed by atoms with van der Waals surface area (Å²) < 4.78 is 6.28. The minimum absolute atomic E-state index is 0.00668. The van der Waals surface area contributed by atoms with Gasteiger partial charge in [-0.25, -0.2) is 5.84 Å². The largest absolute Gasteiger partial charge is 0.459 e. The summed E-state index contributed by atoms with van der Waals surface area (Å²) >= 11 is 3.28. The number of furan rings is 1. The Morgan fingerprint density at radius 2 is 2.00 bits per heavy atom. The molecule has 1 aromatic heterocycles. The number of fused-ring (bicyclic) bond motifs is 1. The van der Waals surface area contributed by atoms with Crippen LogP contribution in [0.2, 0.25) is 0 Å². The molecule has 3 aromatic rings. The zero-order valence-corrected chi connectivity index (χ0v) is 14.4. The molecule has 0 spiro atoms. The summed E-state index contributed by atoms with van der Waals surface area (Å²) in [5.41, 5.74) is 6.83. The molecule has 4 N–H and O–H groups in total. The Morgan fingerprint density at radius 3 is 2.72 bits per heavy atom. The molecule has 128 valence electrons. The summed E-state index contributed by atoms with van der Waals surface area (Å²) in [5.74, 6) is 5.78. The molecule has 1 heterocycles. The van der Waals surface area contributed by atoms with Crippen molar-refractivity contribution in [1.82, 2.24) is 5.01 Å². The Balaban J connectivity index is 1.83. The Morgan fingerprint density at radius 1 is 1.24 bits per heavy atom. The van der Waals surface area contributed by atoms with Gasteiger partial charge in [-0.2, -0.15) is 0 Å². The van der Waals surface area contributed by atoms with Crippen molar-refractivity contribution < 1.29 is 14.1 Å². The SMILES string of the molecule is Nc1ccc(Br)cc1C(=O)N(N)Cc1cc2cc([N+](=O)[O-])ccc2o1. The number of anilines is 1. The van der Waals surface area contributed by atoms with Crippen LogP contribution in [-0.4, -0.2) is 15.8 Å². The number of nitrogens with two attached hydrogens (primary N) is 2. The van der Waals surface area contributed by atoms with Crippen molar-refractivity contribution in [2.24, 2.45) is 5.84 Å². The first-order chi connectivity index (χ1) is 11.8. The third-order valence-electron chi connectivity index (χ3n) is 3.59. The number of hydrogen-bond donors (Lipinski definition) is 2. The van der Waals surface area contributed by atoms with E-state index in [4.69, 9.17) is 16.0 Å². The van der Waals surface area contributed by atoms with Gasteiger partial charge in [0.25, 0.3) is 11.6 Å². The highest BCUT2D eigenvalue weighted by Crippen LogP contribution is 2.25.